The number of hydrogen-bond donors (Lipinski definition) is 1. The number of benzene rings is 2. The van der Waals surface area contributed by atoms with Crippen molar-refractivity contribution in [1.29, 1.82) is 0 Å². The maximum atomic E-state index is 13.6. The molecule has 0 spiro atoms. The summed E-state index contributed by atoms with van der Waals surface area (Å²) in [6.07, 6.45) is 2.17. The number of ether oxygens (including phenoxy) is 1. The molecule has 2 aliphatic heterocycles. The van der Waals surface area contributed by atoms with Crippen LogP contribution in [0.15, 0.2) is 48.5 Å². The van der Waals surface area contributed by atoms with Gasteiger partial charge in [0.25, 0.3) is 0 Å². The second-order valence-electron chi connectivity index (χ2n) is 5.86. The Morgan fingerprint density at radius 2 is 1.95 bits per heavy atom. The van der Waals surface area contributed by atoms with Crippen LogP contribution >= 0.6 is 0 Å². The number of halogens is 1. The van der Waals surface area contributed by atoms with Crippen molar-refractivity contribution in [2.45, 2.75) is 25.0 Å². The van der Waals surface area contributed by atoms with Crippen molar-refractivity contribution >= 4 is 5.69 Å². The number of nitrogens with one attached hydrogen (secondary N) is 1. The molecule has 1 fully saturated rings. The summed E-state index contributed by atoms with van der Waals surface area (Å²) >= 11 is 0. The number of fused-ring (bicyclic) bond motifs is 3. The lowest BCUT2D eigenvalue weighted by molar-refractivity contribution is -0.0382. The molecule has 21 heavy (non-hydrogen) atoms. The van der Waals surface area contributed by atoms with E-state index in [9.17, 15) is 4.39 Å². The van der Waals surface area contributed by atoms with Gasteiger partial charge in [-0.25, -0.2) is 4.39 Å². The molecule has 2 nitrogen and oxygen atoms in total. The van der Waals surface area contributed by atoms with Crippen LogP contribution in [0.4, 0.5) is 10.1 Å². The first-order valence-corrected chi connectivity index (χ1v) is 7.55. The van der Waals surface area contributed by atoms with Gasteiger partial charge < -0.3 is 10.1 Å². The Balaban J connectivity index is 1.79. The Bertz CT molecular complexity index is 643. The zero-order valence-corrected chi connectivity index (χ0v) is 11.8. The van der Waals surface area contributed by atoms with E-state index in [1.807, 2.05) is 12.1 Å². The van der Waals surface area contributed by atoms with Gasteiger partial charge in [-0.05, 0) is 36.6 Å². The molecule has 0 radical (unpaired) electrons. The molecule has 3 heteroatoms. The van der Waals surface area contributed by atoms with Gasteiger partial charge in [-0.1, -0.05) is 30.3 Å². The Hall–Kier alpha value is -1.87. The molecule has 0 saturated carbocycles. The predicted molar refractivity (Wildman–Crippen MR) is 80.6 cm³/mol. The largest absolute Gasteiger partial charge is 0.378 e. The number of anilines is 1. The summed E-state index contributed by atoms with van der Waals surface area (Å²) in [5, 5.41) is 3.59. The van der Waals surface area contributed by atoms with Crippen LogP contribution in [0.1, 0.15) is 36.1 Å². The Morgan fingerprint density at radius 1 is 1.10 bits per heavy atom. The lowest BCUT2D eigenvalue weighted by Crippen LogP contribution is -2.36. The first-order chi connectivity index (χ1) is 10.3. The van der Waals surface area contributed by atoms with Gasteiger partial charge in [0.1, 0.15) is 5.82 Å². The fourth-order valence-electron chi connectivity index (χ4n) is 3.63. The molecule has 0 aliphatic carbocycles. The van der Waals surface area contributed by atoms with Gasteiger partial charge in [-0.15, -0.1) is 0 Å². The molecule has 0 unspecified atom stereocenters. The minimum Gasteiger partial charge on any atom is -0.378 e. The van der Waals surface area contributed by atoms with Gasteiger partial charge in [0.15, 0.2) is 0 Å². The minimum absolute atomic E-state index is 0.00379. The zero-order valence-electron chi connectivity index (χ0n) is 11.8. The van der Waals surface area contributed by atoms with E-state index in [1.54, 1.807) is 6.07 Å². The van der Waals surface area contributed by atoms with E-state index in [0.29, 0.717) is 5.92 Å². The summed E-state index contributed by atoms with van der Waals surface area (Å²) in [6, 6.07) is 15.7. The fraction of sp³-hybridized carbons (Fsp3) is 0.333. The van der Waals surface area contributed by atoms with Crippen molar-refractivity contribution in [3.8, 4) is 0 Å². The van der Waals surface area contributed by atoms with E-state index in [2.05, 4.69) is 29.6 Å². The lowest BCUT2D eigenvalue weighted by atomic mass is 9.77. The molecule has 2 heterocycles. The van der Waals surface area contributed by atoms with E-state index in [-0.39, 0.29) is 18.0 Å². The highest BCUT2D eigenvalue weighted by atomic mass is 19.1. The molecule has 108 valence electrons. The SMILES string of the molecule is Fc1ccc2c(c1)[C@H]1OCCC[C@@H]1[C@H](c1ccccc1)N2. The Kier molecular flexibility index (Phi) is 3.15. The van der Waals surface area contributed by atoms with Gasteiger partial charge in [0, 0.05) is 23.8 Å². The summed E-state index contributed by atoms with van der Waals surface area (Å²) in [4.78, 5) is 0. The molecule has 1 saturated heterocycles. The average molecular weight is 283 g/mol. The summed E-state index contributed by atoms with van der Waals surface area (Å²) in [5.74, 6) is 0.164. The topological polar surface area (TPSA) is 21.3 Å². The van der Waals surface area contributed by atoms with E-state index < -0.39 is 0 Å². The second-order valence-corrected chi connectivity index (χ2v) is 5.86. The van der Waals surface area contributed by atoms with Crippen molar-refractivity contribution in [3.63, 3.8) is 0 Å². The van der Waals surface area contributed by atoms with Crippen molar-refractivity contribution < 1.29 is 9.13 Å². The van der Waals surface area contributed by atoms with Gasteiger partial charge in [0.05, 0.1) is 12.1 Å². The smallest absolute Gasteiger partial charge is 0.123 e. The van der Waals surface area contributed by atoms with Crippen molar-refractivity contribution in [2.75, 3.05) is 11.9 Å². The first kappa shape index (κ1) is 12.8. The molecular weight excluding hydrogens is 265 g/mol. The van der Waals surface area contributed by atoms with Crippen molar-refractivity contribution in [2.24, 2.45) is 5.92 Å². The Morgan fingerprint density at radius 3 is 2.81 bits per heavy atom. The first-order valence-electron chi connectivity index (χ1n) is 7.55. The highest BCUT2D eigenvalue weighted by Crippen LogP contribution is 2.49. The van der Waals surface area contributed by atoms with Gasteiger partial charge >= 0.3 is 0 Å². The third kappa shape index (κ3) is 2.22. The molecule has 4 rings (SSSR count). The van der Waals surface area contributed by atoms with Crippen LogP contribution in [-0.2, 0) is 4.74 Å². The normalized spacial score (nSPS) is 27.4. The van der Waals surface area contributed by atoms with Crippen LogP contribution < -0.4 is 5.32 Å². The predicted octanol–water partition coefficient (Wildman–Crippen LogP) is 4.46. The molecule has 1 N–H and O–H groups in total. The molecule has 2 aromatic rings. The van der Waals surface area contributed by atoms with Crippen LogP contribution in [0, 0.1) is 11.7 Å². The number of hydrogen-bond acceptors (Lipinski definition) is 2. The van der Waals surface area contributed by atoms with E-state index in [4.69, 9.17) is 4.74 Å². The minimum atomic E-state index is -0.193. The van der Waals surface area contributed by atoms with Crippen LogP contribution in [0.3, 0.4) is 0 Å². The molecule has 3 atom stereocenters. The van der Waals surface area contributed by atoms with E-state index in [1.165, 1.54) is 11.6 Å². The quantitative estimate of drug-likeness (QED) is 0.834. The fourth-order valence-corrected chi connectivity index (χ4v) is 3.63. The maximum Gasteiger partial charge on any atom is 0.123 e. The molecule has 0 aromatic heterocycles. The van der Waals surface area contributed by atoms with Crippen molar-refractivity contribution in [1.82, 2.24) is 0 Å². The molecule has 0 amide bonds. The number of rotatable bonds is 1. The van der Waals surface area contributed by atoms with Gasteiger partial charge in [-0.3, -0.25) is 0 Å². The average Bonchev–Trinajstić information content (AvgIpc) is 2.55. The Labute approximate surface area is 123 Å². The lowest BCUT2D eigenvalue weighted by Gasteiger charge is -2.43. The van der Waals surface area contributed by atoms with Crippen LogP contribution in [0.5, 0.6) is 0 Å². The summed E-state index contributed by atoms with van der Waals surface area (Å²) < 4.78 is 19.6. The molecule has 2 aliphatic rings. The van der Waals surface area contributed by atoms with E-state index in [0.717, 1.165) is 30.7 Å². The third-order valence-corrected chi connectivity index (χ3v) is 4.59. The highest BCUT2D eigenvalue weighted by Gasteiger charge is 2.39. The van der Waals surface area contributed by atoms with E-state index >= 15 is 0 Å². The molecular formula is C18H18FNO. The monoisotopic (exact) mass is 283 g/mol. The molecule has 0 bridgehead atoms. The van der Waals surface area contributed by atoms with Gasteiger partial charge in [-0.2, -0.15) is 0 Å². The summed E-state index contributed by atoms with van der Waals surface area (Å²) in [5.41, 5.74) is 3.23. The third-order valence-electron chi connectivity index (χ3n) is 4.59. The van der Waals surface area contributed by atoms with Crippen LogP contribution in [0.25, 0.3) is 0 Å². The van der Waals surface area contributed by atoms with Crippen LogP contribution in [-0.4, -0.2) is 6.61 Å². The standard InChI is InChI=1S/C18H18FNO/c19-13-8-9-16-15(11-13)18-14(7-4-10-21-18)17(20-16)12-5-2-1-3-6-12/h1-3,5-6,8-9,11,14,17-18,20H,4,7,10H2/t14-,17+,18+/m1/s1. The summed E-state index contributed by atoms with van der Waals surface area (Å²) in [7, 11) is 0. The zero-order chi connectivity index (χ0) is 14.2. The second kappa shape index (κ2) is 5.15. The van der Waals surface area contributed by atoms with Gasteiger partial charge in [0.2, 0.25) is 0 Å². The van der Waals surface area contributed by atoms with Crippen molar-refractivity contribution in [3.05, 3.63) is 65.5 Å². The maximum absolute atomic E-state index is 13.6. The summed E-state index contributed by atoms with van der Waals surface area (Å²) in [6.45, 7) is 0.763. The van der Waals surface area contributed by atoms with Crippen LogP contribution in [0.2, 0.25) is 0 Å². The molecule has 2 aromatic carbocycles. The highest BCUT2D eigenvalue weighted by molar-refractivity contribution is 5.57.